The van der Waals surface area contributed by atoms with Gasteiger partial charge >= 0.3 is 0 Å². The summed E-state index contributed by atoms with van der Waals surface area (Å²) in [5.74, 6) is -1.47. The van der Waals surface area contributed by atoms with Crippen LogP contribution in [0.15, 0.2) is 53.5 Å². The number of pyridine rings is 1. The van der Waals surface area contributed by atoms with E-state index < -0.39 is 17.5 Å². The minimum Gasteiger partial charge on any atom is -0.305 e. The molecule has 0 atom stereocenters. The second-order valence-electron chi connectivity index (χ2n) is 5.60. The number of benzene rings is 1. The zero-order chi connectivity index (χ0) is 18.7. The van der Waals surface area contributed by atoms with Gasteiger partial charge < -0.3 is 5.32 Å². The number of anilines is 1. The monoisotopic (exact) mass is 356 g/mol. The first-order valence-electron chi connectivity index (χ1n) is 7.67. The molecule has 0 radical (unpaired) electrons. The number of carbonyl (C=O) groups excluding carboxylic acids is 1. The van der Waals surface area contributed by atoms with Gasteiger partial charge in [0.05, 0.1) is 0 Å². The van der Waals surface area contributed by atoms with E-state index in [2.05, 4.69) is 15.4 Å². The Kier molecular flexibility index (Phi) is 4.83. The van der Waals surface area contributed by atoms with E-state index in [1.807, 2.05) is 0 Å². The van der Waals surface area contributed by atoms with E-state index in [0.29, 0.717) is 11.1 Å². The summed E-state index contributed by atoms with van der Waals surface area (Å²) < 4.78 is 27.7. The molecule has 0 saturated heterocycles. The number of rotatable bonds is 4. The van der Waals surface area contributed by atoms with E-state index >= 15 is 0 Å². The van der Waals surface area contributed by atoms with Crippen LogP contribution in [0.4, 0.5) is 14.6 Å². The van der Waals surface area contributed by atoms with Crippen LogP contribution in [0, 0.1) is 11.6 Å². The topological polar surface area (TPSA) is 76.9 Å². The van der Waals surface area contributed by atoms with E-state index in [1.54, 1.807) is 12.1 Å². The average molecular weight is 356 g/mol. The van der Waals surface area contributed by atoms with Gasteiger partial charge in [0, 0.05) is 31.8 Å². The summed E-state index contributed by atoms with van der Waals surface area (Å²) in [5.41, 5.74) is 0.802. The maximum atomic E-state index is 13.7. The lowest BCUT2D eigenvalue weighted by atomic mass is 10.1. The molecule has 0 unspecified atom stereocenters. The third-order valence-electron chi connectivity index (χ3n) is 3.67. The highest BCUT2D eigenvalue weighted by Crippen LogP contribution is 2.15. The number of hydrogen-bond donors (Lipinski definition) is 1. The normalized spacial score (nSPS) is 10.6. The maximum absolute atomic E-state index is 13.7. The van der Waals surface area contributed by atoms with Gasteiger partial charge in [0.1, 0.15) is 23.1 Å². The maximum Gasteiger partial charge on any atom is 0.277 e. The first kappa shape index (κ1) is 17.4. The van der Waals surface area contributed by atoms with Gasteiger partial charge in [-0.2, -0.15) is 5.10 Å². The van der Waals surface area contributed by atoms with Crippen LogP contribution >= 0.6 is 0 Å². The molecular formula is C18H14F2N4O2. The highest BCUT2D eigenvalue weighted by atomic mass is 19.1. The second kappa shape index (κ2) is 7.22. The van der Waals surface area contributed by atoms with Crippen molar-refractivity contribution in [1.82, 2.24) is 14.8 Å². The first-order valence-corrected chi connectivity index (χ1v) is 7.67. The van der Waals surface area contributed by atoms with Crippen molar-refractivity contribution in [3.63, 3.8) is 0 Å². The van der Waals surface area contributed by atoms with Gasteiger partial charge in [-0.15, -0.1) is 0 Å². The average Bonchev–Trinajstić information content (AvgIpc) is 2.61. The molecule has 6 nitrogen and oxygen atoms in total. The van der Waals surface area contributed by atoms with Gasteiger partial charge in [0.2, 0.25) is 0 Å². The quantitative estimate of drug-likeness (QED) is 0.778. The number of carbonyl (C=O) groups is 1. The Morgan fingerprint density at radius 1 is 1.15 bits per heavy atom. The van der Waals surface area contributed by atoms with Gasteiger partial charge in [0.25, 0.3) is 11.5 Å². The van der Waals surface area contributed by atoms with Crippen LogP contribution in [0.1, 0.15) is 21.6 Å². The summed E-state index contributed by atoms with van der Waals surface area (Å²) in [4.78, 5) is 27.5. The number of nitrogens with one attached hydrogen (secondary N) is 1. The molecule has 2 heterocycles. The fourth-order valence-electron chi connectivity index (χ4n) is 2.29. The molecule has 3 aromatic rings. The van der Waals surface area contributed by atoms with Crippen molar-refractivity contribution in [3.8, 4) is 0 Å². The molecule has 0 saturated carbocycles. The van der Waals surface area contributed by atoms with E-state index in [1.165, 1.54) is 37.5 Å². The van der Waals surface area contributed by atoms with E-state index in [4.69, 9.17) is 0 Å². The summed E-state index contributed by atoms with van der Waals surface area (Å²) in [6, 6.07) is 9.22. The summed E-state index contributed by atoms with van der Waals surface area (Å²) in [6.45, 7) is 0. The Morgan fingerprint density at radius 2 is 1.96 bits per heavy atom. The molecule has 0 fully saturated rings. The molecule has 1 aromatic carbocycles. The highest BCUT2D eigenvalue weighted by Gasteiger charge is 2.10. The lowest BCUT2D eigenvalue weighted by Crippen LogP contribution is -2.23. The number of aryl methyl sites for hydroxylation is 1. The molecule has 0 spiro atoms. The lowest BCUT2D eigenvalue weighted by Gasteiger charge is -2.07. The van der Waals surface area contributed by atoms with Crippen LogP contribution in [-0.4, -0.2) is 20.7 Å². The third kappa shape index (κ3) is 3.97. The van der Waals surface area contributed by atoms with E-state index in [0.717, 1.165) is 10.7 Å². The zero-order valence-corrected chi connectivity index (χ0v) is 13.7. The third-order valence-corrected chi connectivity index (χ3v) is 3.67. The van der Waals surface area contributed by atoms with E-state index in [-0.39, 0.29) is 23.5 Å². The smallest absolute Gasteiger partial charge is 0.277 e. The van der Waals surface area contributed by atoms with Gasteiger partial charge in [0.15, 0.2) is 0 Å². The number of hydrogen-bond acceptors (Lipinski definition) is 4. The van der Waals surface area contributed by atoms with E-state index in [9.17, 15) is 18.4 Å². The van der Waals surface area contributed by atoms with Crippen LogP contribution < -0.4 is 10.9 Å². The van der Waals surface area contributed by atoms with Crippen molar-refractivity contribution in [3.05, 3.63) is 87.5 Å². The fourth-order valence-corrected chi connectivity index (χ4v) is 2.29. The number of nitrogens with zero attached hydrogens (tertiary/aromatic N) is 3. The molecule has 0 aliphatic rings. The predicted octanol–water partition coefficient (Wildman–Crippen LogP) is 2.30. The summed E-state index contributed by atoms with van der Waals surface area (Å²) in [5, 5.41) is 6.41. The van der Waals surface area contributed by atoms with Gasteiger partial charge in [-0.25, -0.2) is 18.4 Å². The molecular weight excluding hydrogens is 342 g/mol. The molecule has 1 N–H and O–H groups in total. The Bertz CT molecular complexity index is 1020. The molecule has 0 bridgehead atoms. The Balaban J connectivity index is 1.70. The van der Waals surface area contributed by atoms with Crippen LogP contribution in [-0.2, 0) is 13.5 Å². The molecule has 0 aliphatic heterocycles. The Morgan fingerprint density at radius 3 is 2.62 bits per heavy atom. The standard InChI is InChI=1S/C18H14F2N4O2/c1-24-17(25)7-5-15(23-24)18(26)22-16-6-2-11(10-21-16)8-12-3-4-13(19)9-14(12)20/h2-7,9-10H,8H2,1H3,(H,21,22,26). The van der Waals surface area contributed by atoms with Crippen molar-refractivity contribution in [2.75, 3.05) is 5.32 Å². The van der Waals surface area contributed by atoms with Crippen molar-refractivity contribution in [2.24, 2.45) is 7.05 Å². The molecule has 2 aromatic heterocycles. The lowest BCUT2D eigenvalue weighted by molar-refractivity contribution is 0.101. The minimum absolute atomic E-state index is 0.0753. The molecule has 3 rings (SSSR count). The van der Waals surface area contributed by atoms with Gasteiger partial charge in [-0.05, 0) is 29.3 Å². The van der Waals surface area contributed by atoms with Crippen LogP contribution in [0.2, 0.25) is 0 Å². The second-order valence-corrected chi connectivity index (χ2v) is 5.60. The Labute approximate surface area is 147 Å². The van der Waals surface area contributed by atoms with Gasteiger partial charge in [-0.1, -0.05) is 12.1 Å². The van der Waals surface area contributed by atoms with Crippen molar-refractivity contribution >= 4 is 11.7 Å². The molecule has 26 heavy (non-hydrogen) atoms. The van der Waals surface area contributed by atoms with Crippen molar-refractivity contribution < 1.29 is 13.6 Å². The minimum atomic E-state index is -0.630. The highest BCUT2D eigenvalue weighted by molar-refractivity contribution is 6.02. The SMILES string of the molecule is Cn1nc(C(=O)Nc2ccc(Cc3ccc(F)cc3F)cn2)ccc1=O. The number of amides is 1. The van der Waals surface area contributed by atoms with Crippen molar-refractivity contribution in [1.29, 1.82) is 0 Å². The zero-order valence-electron chi connectivity index (χ0n) is 13.7. The number of aromatic nitrogens is 3. The molecule has 1 amide bonds. The van der Waals surface area contributed by atoms with Gasteiger partial charge in [-0.3, -0.25) is 9.59 Å². The van der Waals surface area contributed by atoms with Crippen LogP contribution in [0.5, 0.6) is 0 Å². The largest absolute Gasteiger partial charge is 0.305 e. The first-order chi connectivity index (χ1) is 12.4. The molecule has 8 heteroatoms. The number of halogens is 2. The van der Waals surface area contributed by atoms with Crippen LogP contribution in [0.3, 0.4) is 0 Å². The summed E-state index contributed by atoms with van der Waals surface area (Å²) >= 11 is 0. The fraction of sp³-hybridized carbons (Fsp3) is 0.111. The molecule has 132 valence electrons. The summed E-state index contributed by atoms with van der Waals surface area (Å²) in [7, 11) is 1.45. The van der Waals surface area contributed by atoms with Crippen LogP contribution in [0.25, 0.3) is 0 Å². The Hall–Kier alpha value is -3.42. The predicted molar refractivity (Wildman–Crippen MR) is 90.8 cm³/mol. The summed E-state index contributed by atoms with van der Waals surface area (Å²) in [6.07, 6.45) is 1.74. The van der Waals surface area contributed by atoms with Crippen molar-refractivity contribution in [2.45, 2.75) is 6.42 Å². The molecule has 0 aliphatic carbocycles.